The van der Waals surface area contributed by atoms with E-state index in [0.29, 0.717) is 6.54 Å². The molecular formula is C18H25NO2. The van der Waals surface area contributed by atoms with Gasteiger partial charge in [-0.05, 0) is 43.7 Å². The summed E-state index contributed by atoms with van der Waals surface area (Å²) in [6, 6.07) is 8.45. The number of carbonyl (C=O) groups excluding carboxylic acids is 1. The first-order chi connectivity index (χ1) is 10.0. The summed E-state index contributed by atoms with van der Waals surface area (Å²) in [5.74, 6) is -0.000686. The van der Waals surface area contributed by atoms with E-state index in [0.717, 1.165) is 38.5 Å². The monoisotopic (exact) mass is 287 g/mol. The normalized spacial score (nSPS) is 22.0. The second kappa shape index (κ2) is 5.45. The van der Waals surface area contributed by atoms with Crippen molar-refractivity contribution in [3.8, 4) is 0 Å². The summed E-state index contributed by atoms with van der Waals surface area (Å²) in [4.78, 5) is 12.1. The van der Waals surface area contributed by atoms with Crippen molar-refractivity contribution in [1.82, 2.24) is 5.32 Å². The molecule has 1 aromatic rings. The number of hydrogen-bond donors (Lipinski definition) is 2. The highest BCUT2D eigenvalue weighted by molar-refractivity contribution is 5.77. The second-order valence-electron chi connectivity index (χ2n) is 6.98. The van der Waals surface area contributed by atoms with Gasteiger partial charge in [0.05, 0.1) is 12.0 Å². The Bertz CT molecular complexity index is 528. The fourth-order valence-corrected chi connectivity index (χ4v) is 3.70. The lowest BCUT2D eigenvalue weighted by atomic mass is 9.91. The van der Waals surface area contributed by atoms with Crippen LogP contribution in [0.4, 0.5) is 0 Å². The van der Waals surface area contributed by atoms with Crippen LogP contribution in [0.5, 0.6) is 0 Å². The first-order valence-electron chi connectivity index (χ1n) is 8.08. The van der Waals surface area contributed by atoms with E-state index in [1.807, 2.05) is 0 Å². The van der Waals surface area contributed by atoms with Crippen LogP contribution in [0.1, 0.15) is 56.1 Å². The molecule has 0 aromatic heterocycles. The molecule has 2 fully saturated rings. The van der Waals surface area contributed by atoms with Crippen LogP contribution in [0.2, 0.25) is 0 Å². The zero-order valence-electron chi connectivity index (χ0n) is 12.8. The molecule has 0 unspecified atom stereocenters. The predicted octanol–water partition coefficient (Wildman–Crippen LogP) is 2.84. The number of hydrogen-bond acceptors (Lipinski definition) is 2. The number of nitrogens with one attached hydrogen (secondary N) is 1. The summed E-state index contributed by atoms with van der Waals surface area (Å²) in [5.41, 5.74) is 2.06. The Hall–Kier alpha value is -1.35. The highest BCUT2D eigenvalue weighted by Gasteiger charge is 2.45. The molecule has 0 aliphatic heterocycles. The van der Waals surface area contributed by atoms with Crippen molar-refractivity contribution in [2.24, 2.45) is 0 Å². The molecule has 1 aromatic carbocycles. The average molecular weight is 287 g/mol. The van der Waals surface area contributed by atoms with E-state index in [9.17, 15) is 9.90 Å². The molecule has 0 saturated heterocycles. The molecule has 21 heavy (non-hydrogen) atoms. The van der Waals surface area contributed by atoms with Gasteiger partial charge in [0, 0.05) is 12.0 Å². The smallest absolute Gasteiger partial charge is 0.222 e. The molecule has 0 bridgehead atoms. The van der Waals surface area contributed by atoms with Crippen LogP contribution in [0.25, 0.3) is 0 Å². The summed E-state index contributed by atoms with van der Waals surface area (Å²) < 4.78 is 0. The number of carbonyl (C=O) groups is 1. The second-order valence-corrected chi connectivity index (χ2v) is 6.98. The summed E-state index contributed by atoms with van der Waals surface area (Å²) >= 11 is 0. The lowest BCUT2D eigenvalue weighted by Crippen LogP contribution is -2.38. The third kappa shape index (κ3) is 3.13. The summed E-state index contributed by atoms with van der Waals surface area (Å²) in [7, 11) is 0. The van der Waals surface area contributed by atoms with E-state index >= 15 is 0 Å². The van der Waals surface area contributed by atoms with E-state index in [-0.39, 0.29) is 17.7 Å². The molecule has 2 N–H and O–H groups in total. The quantitative estimate of drug-likeness (QED) is 0.875. The topological polar surface area (TPSA) is 49.3 Å². The van der Waals surface area contributed by atoms with E-state index in [4.69, 9.17) is 0 Å². The lowest BCUT2D eigenvalue weighted by molar-refractivity contribution is -0.126. The van der Waals surface area contributed by atoms with Crippen molar-refractivity contribution < 1.29 is 9.90 Å². The highest BCUT2D eigenvalue weighted by atomic mass is 16.3. The SMILES string of the molecule is Cc1ccccc1C1(CNC(=O)CC2(O)CCCC2)CC1. The van der Waals surface area contributed by atoms with Crippen molar-refractivity contribution >= 4 is 5.91 Å². The van der Waals surface area contributed by atoms with E-state index in [1.165, 1.54) is 11.1 Å². The van der Waals surface area contributed by atoms with Crippen molar-refractivity contribution in [2.45, 2.75) is 62.9 Å². The van der Waals surface area contributed by atoms with Gasteiger partial charge in [-0.25, -0.2) is 0 Å². The average Bonchev–Trinajstić information content (AvgIpc) is 3.13. The number of aryl methyl sites for hydroxylation is 1. The molecule has 3 nitrogen and oxygen atoms in total. The molecule has 3 rings (SSSR count). The van der Waals surface area contributed by atoms with Crippen LogP contribution < -0.4 is 5.32 Å². The van der Waals surface area contributed by atoms with Gasteiger partial charge in [-0.2, -0.15) is 0 Å². The standard InChI is InChI=1S/C18H25NO2/c1-14-6-2-3-7-15(14)17(10-11-17)13-19-16(20)12-18(21)8-4-5-9-18/h2-3,6-7,21H,4-5,8-13H2,1H3,(H,19,20). The first-order valence-corrected chi connectivity index (χ1v) is 8.08. The Balaban J connectivity index is 1.58. The van der Waals surface area contributed by atoms with Gasteiger partial charge in [-0.3, -0.25) is 4.79 Å². The van der Waals surface area contributed by atoms with Crippen LogP contribution in [0.3, 0.4) is 0 Å². The maximum absolute atomic E-state index is 12.1. The molecule has 114 valence electrons. The van der Waals surface area contributed by atoms with Crippen LogP contribution in [-0.2, 0) is 10.2 Å². The van der Waals surface area contributed by atoms with Crippen molar-refractivity contribution in [3.05, 3.63) is 35.4 Å². The summed E-state index contributed by atoms with van der Waals surface area (Å²) in [6.07, 6.45) is 6.15. The maximum atomic E-state index is 12.1. The fraction of sp³-hybridized carbons (Fsp3) is 0.611. The van der Waals surface area contributed by atoms with Crippen LogP contribution in [0.15, 0.2) is 24.3 Å². The Morgan fingerprint density at radius 1 is 1.19 bits per heavy atom. The molecule has 2 aliphatic rings. The Kier molecular flexibility index (Phi) is 3.78. The third-order valence-corrected chi connectivity index (χ3v) is 5.22. The largest absolute Gasteiger partial charge is 0.389 e. The molecule has 3 heteroatoms. The maximum Gasteiger partial charge on any atom is 0.222 e. The highest BCUT2D eigenvalue weighted by Crippen LogP contribution is 2.48. The fourth-order valence-electron chi connectivity index (χ4n) is 3.70. The van der Waals surface area contributed by atoms with Crippen LogP contribution in [-0.4, -0.2) is 23.2 Å². The Labute approximate surface area is 126 Å². The molecule has 0 heterocycles. The van der Waals surface area contributed by atoms with Crippen molar-refractivity contribution in [3.63, 3.8) is 0 Å². The van der Waals surface area contributed by atoms with Gasteiger partial charge in [0.2, 0.25) is 5.91 Å². The van der Waals surface area contributed by atoms with Gasteiger partial charge < -0.3 is 10.4 Å². The minimum Gasteiger partial charge on any atom is -0.389 e. The van der Waals surface area contributed by atoms with Gasteiger partial charge in [-0.15, -0.1) is 0 Å². The van der Waals surface area contributed by atoms with E-state index in [1.54, 1.807) is 0 Å². The molecule has 1 amide bonds. The number of rotatable bonds is 5. The minimum atomic E-state index is -0.747. The zero-order valence-corrected chi connectivity index (χ0v) is 12.8. The lowest BCUT2D eigenvalue weighted by Gasteiger charge is -2.23. The molecule has 2 saturated carbocycles. The molecule has 0 atom stereocenters. The number of amides is 1. The third-order valence-electron chi connectivity index (χ3n) is 5.22. The van der Waals surface area contributed by atoms with E-state index < -0.39 is 5.60 Å². The van der Waals surface area contributed by atoms with Crippen LogP contribution in [0, 0.1) is 6.92 Å². The molecule has 2 aliphatic carbocycles. The zero-order chi connectivity index (χ0) is 14.9. The molecule has 0 radical (unpaired) electrons. The van der Waals surface area contributed by atoms with Gasteiger partial charge >= 0.3 is 0 Å². The number of aliphatic hydroxyl groups is 1. The van der Waals surface area contributed by atoms with Gasteiger partial charge in [-0.1, -0.05) is 37.1 Å². The van der Waals surface area contributed by atoms with Gasteiger partial charge in [0.1, 0.15) is 0 Å². The summed E-state index contributed by atoms with van der Waals surface area (Å²) in [5, 5.41) is 13.4. The van der Waals surface area contributed by atoms with Gasteiger partial charge in [0.25, 0.3) is 0 Å². The predicted molar refractivity (Wildman–Crippen MR) is 83.1 cm³/mol. The molecular weight excluding hydrogens is 262 g/mol. The van der Waals surface area contributed by atoms with Crippen molar-refractivity contribution in [2.75, 3.05) is 6.54 Å². The first kappa shape index (κ1) is 14.6. The minimum absolute atomic E-state index is 0.000686. The van der Waals surface area contributed by atoms with E-state index in [2.05, 4.69) is 36.5 Å². The number of benzene rings is 1. The Morgan fingerprint density at radius 3 is 2.48 bits per heavy atom. The van der Waals surface area contributed by atoms with Crippen molar-refractivity contribution in [1.29, 1.82) is 0 Å². The molecule has 0 spiro atoms. The van der Waals surface area contributed by atoms with Gasteiger partial charge in [0.15, 0.2) is 0 Å². The van der Waals surface area contributed by atoms with Crippen LogP contribution >= 0.6 is 0 Å². The summed E-state index contributed by atoms with van der Waals surface area (Å²) in [6.45, 7) is 2.84. The Morgan fingerprint density at radius 2 is 1.86 bits per heavy atom.